The predicted octanol–water partition coefficient (Wildman–Crippen LogP) is 3.21. The zero-order chi connectivity index (χ0) is 13.7. The molecule has 1 aromatic heterocycles. The van der Waals surface area contributed by atoms with Gasteiger partial charge in [0.15, 0.2) is 0 Å². The third-order valence-corrected chi connectivity index (χ3v) is 4.78. The van der Waals surface area contributed by atoms with Crippen LogP contribution in [0.2, 0.25) is 4.34 Å². The SMILES string of the molecule is CCCC(C#N)N1CCN(Cc2ccc(Cl)s2)CC1. The smallest absolute Gasteiger partial charge is 0.0978 e. The summed E-state index contributed by atoms with van der Waals surface area (Å²) in [6.07, 6.45) is 2.06. The summed E-state index contributed by atoms with van der Waals surface area (Å²) in [6.45, 7) is 7.20. The van der Waals surface area contributed by atoms with Gasteiger partial charge in [-0.2, -0.15) is 5.26 Å². The molecule has 0 N–H and O–H groups in total. The van der Waals surface area contributed by atoms with E-state index in [2.05, 4.69) is 28.9 Å². The van der Waals surface area contributed by atoms with Crippen LogP contribution in [-0.2, 0) is 6.54 Å². The lowest BCUT2D eigenvalue weighted by molar-refractivity contribution is 0.107. The van der Waals surface area contributed by atoms with E-state index in [0.717, 1.165) is 49.9 Å². The van der Waals surface area contributed by atoms with Crippen LogP contribution in [0.4, 0.5) is 0 Å². The number of nitriles is 1. The topological polar surface area (TPSA) is 30.3 Å². The first kappa shape index (κ1) is 14.8. The minimum atomic E-state index is 0.100. The Labute approximate surface area is 124 Å². The van der Waals surface area contributed by atoms with Crippen molar-refractivity contribution in [3.63, 3.8) is 0 Å². The van der Waals surface area contributed by atoms with Crippen molar-refractivity contribution < 1.29 is 0 Å². The van der Waals surface area contributed by atoms with Gasteiger partial charge in [-0.3, -0.25) is 9.80 Å². The maximum absolute atomic E-state index is 9.19. The van der Waals surface area contributed by atoms with Crippen LogP contribution in [0.15, 0.2) is 12.1 Å². The van der Waals surface area contributed by atoms with E-state index in [0.29, 0.717) is 0 Å². The summed E-state index contributed by atoms with van der Waals surface area (Å²) in [7, 11) is 0. The van der Waals surface area contributed by atoms with Gasteiger partial charge in [0.2, 0.25) is 0 Å². The summed E-state index contributed by atoms with van der Waals surface area (Å²) < 4.78 is 0.862. The molecule has 5 heteroatoms. The molecule has 1 saturated heterocycles. The third kappa shape index (κ3) is 4.19. The minimum absolute atomic E-state index is 0.100. The zero-order valence-electron chi connectivity index (χ0n) is 11.3. The quantitative estimate of drug-likeness (QED) is 0.836. The summed E-state index contributed by atoms with van der Waals surface area (Å²) >= 11 is 7.61. The number of nitrogens with zero attached hydrogens (tertiary/aromatic N) is 3. The van der Waals surface area contributed by atoms with E-state index < -0.39 is 0 Å². The summed E-state index contributed by atoms with van der Waals surface area (Å²) in [5.74, 6) is 0. The highest BCUT2D eigenvalue weighted by Crippen LogP contribution is 2.23. The van der Waals surface area contributed by atoms with Crippen LogP contribution >= 0.6 is 22.9 Å². The van der Waals surface area contributed by atoms with E-state index in [1.807, 2.05) is 6.07 Å². The molecule has 1 aromatic rings. The van der Waals surface area contributed by atoms with Crippen molar-refractivity contribution in [3.8, 4) is 6.07 Å². The normalized spacial score (nSPS) is 19.2. The van der Waals surface area contributed by atoms with Crippen LogP contribution in [0.1, 0.15) is 24.6 Å². The maximum atomic E-state index is 9.19. The molecule has 0 saturated carbocycles. The van der Waals surface area contributed by atoms with Crippen molar-refractivity contribution in [1.29, 1.82) is 5.26 Å². The molecule has 2 heterocycles. The Morgan fingerprint density at radius 3 is 2.63 bits per heavy atom. The molecule has 104 valence electrons. The average Bonchev–Trinajstić information content (AvgIpc) is 2.82. The van der Waals surface area contributed by atoms with Crippen LogP contribution < -0.4 is 0 Å². The molecule has 0 spiro atoms. The first-order valence-electron chi connectivity index (χ1n) is 6.83. The maximum Gasteiger partial charge on any atom is 0.0978 e. The first-order chi connectivity index (χ1) is 9.22. The largest absolute Gasteiger partial charge is 0.296 e. The Morgan fingerprint density at radius 1 is 1.37 bits per heavy atom. The van der Waals surface area contributed by atoms with Crippen LogP contribution in [-0.4, -0.2) is 42.0 Å². The van der Waals surface area contributed by atoms with E-state index in [-0.39, 0.29) is 6.04 Å². The Balaban J connectivity index is 1.80. The van der Waals surface area contributed by atoms with Gasteiger partial charge in [0.1, 0.15) is 0 Å². The van der Waals surface area contributed by atoms with Gasteiger partial charge in [0, 0.05) is 37.6 Å². The van der Waals surface area contributed by atoms with Crippen molar-refractivity contribution in [3.05, 3.63) is 21.3 Å². The van der Waals surface area contributed by atoms with Gasteiger partial charge in [-0.15, -0.1) is 11.3 Å². The lowest BCUT2D eigenvalue weighted by Gasteiger charge is -2.36. The van der Waals surface area contributed by atoms with Gasteiger partial charge in [-0.05, 0) is 18.6 Å². The summed E-state index contributed by atoms with van der Waals surface area (Å²) in [5, 5.41) is 9.19. The second-order valence-corrected chi connectivity index (χ2v) is 6.75. The summed E-state index contributed by atoms with van der Waals surface area (Å²) in [6, 6.07) is 6.60. The molecule has 1 aliphatic heterocycles. The molecule has 1 fully saturated rings. The molecule has 0 aliphatic carbocycles. The molecule has 0 radical (unpaired) electrons. The number of piperazine rings is 1. The highest BCUT2D eigenvalue weighted by atomic mass is 35.5. The highest BCUT2D eigenvalue weighted by molar-refractivity contribution is 7.16. The third-order valence-electron chi connectivity index (χ3n) is 3.57. The second kappa shape index (κ2) is 7.25. The molecule has 0 bridgehead atoms. The fraction of sp³-hybridized carbons (Fsp3) is 0.643. The van der Waals surface area contributed by atoms with Gasteiger partial charge in [-0.25, -0.2) is 0 Å². The minimum Gasteiger partial charge on any atom is -0.296 e. The van der Waals surface area contributed by atoms with Crippen LogP contribution in [0.25, 0.3) is 0 Å². The highest BCUT2D eigenvalue weighted by Gasteiger charge is 2.23. The van der Waals surface area contributed by atoms with Gasteiger partial charge >= 0.3 is 0 Å². The molecule has 0 amide bonds. The fourth-order valence-electron chi connectivity index (χ4n) is 2.49. The second-order valence-electron chi connectivity index (χ2n) is 4.95. The van der Waals surface area contributed by atoms with E-state index in [4.69, 9.17) is 11.6 Å². The summed E-state index contributed by atoms with van der Waals surface area (Å²) in [5.41, 5.74) is 0. The van der Waals surface area contributed by atoms with E-state index in [1.54, 1.807) is 11.3 Å². The lowest BCUT2D eigenvalue weighted by atomic mass is 10.1. The van der Waals surface area contributed by atoms with Gasteiger partial charge in [0.25, 0.3) is 0 Å². The van der Waals surface area contributed by atoms with Crippen LogP contribution in [0, 0.1) is 11.3 Å². The molecule has 1 aliphatic rings. The summed E-state index contributed by atoms with van der Waals surface area (Å²) in [4.78, 5) is 6.09. The molecule has 1 unspecified atom stereocenters. The monoisotopic (exact) mass is 297 g/mol. The van der Waals surface area contributed by atoms with Crippen LogP contribution in [0.5, 0.6) is 0 Å². The number of hydrogen-bond donors (Lipinski definition) is 0. The van der Waals surface area contributed by atoms with Crippen molar-refractivity contribution in [2.24, 2.45) is 0 Å². The predicted molar refractivity (Wildman–Crippen MR) is 80.5 cm³/mol. The Morgan fingerprint density at radius 2 is 2.11 bits per heavy atom. The molecule has 1 atom stereocenters. The van der Waals surface area contributed by atoms with Gasteiger partial charge in [0.05, 0.1) is 16.4 Å². The van der Waals surface area contributed by atoms with Crippen molar-refractivity contribution in [2.75, 3.05) is 26.2 Å². The van der Waals surface area contributed by atoms with Crippen LogP contribution in [0.3, 0.4) is 0 Å². The van der Waals surface area contributed by atoms with Gasteiger partial charge in [-0.1, -0.05) is 24.9 Å². The molecular formula is C14H20ClN3S. The average molecular weight is 298 g/mol. The lowest BCUT2D eigenvalue weighted by Crippen LogP contribution is -2.49. The first-order valence-corrected chi connectivity index (χ1v) is 8.02. The number of rotatable bonds is 5. The molecular weight excluding hydrogens is 278 g/mol. The molecule has 3 nitrogen and oxygen atoms in total. The number of thiophene rings is 1. The van der Waals surface area contributed by atoms with Crippen molar-refractivity contribution >= 4 is 22.9 Å². The number of halogens is 1. The van der Waals surface area contributed by atoms with Gasteiger partial charge < -0.3 is 0 Å². The Hall–Kier alpha value is -0.600. The fourth-order valence-corrected chi connectivity index (χ4v) is 3.62. The molecule has 19 heavy (non-hydrogen) atoms. The zero-order valence-corrected chi connectivity index (χ0v) is 12.9. The van der Waals surface area contributed by atoms with Crippen molar-refractivity contribution in [2.45, 2.75) is 32.4 Å². The molecule has 0 aromatic carbocycles. The Bertz CT molecular complexity index is 432. The van der Waals surface area contributed by atoms with Crippen molar-refractivity contribution in [1.82, 2.24) is 9.80 Å². The Kier molecular flexibility index (Phi) is 5.65. The molecule has 2 rings (SSSR count). The van der Waals surface area contributed by atoms with E-state index in [1.165, 1.54) is 4.88 Å². The van der Waals surface area contributed by atoms with E-state index >= 15 is 0 Å². The number of hydrogen-bond acceptors (Lipinski definition) is 4. The van der Waals surface area contributed by atoms with E-state index in [9.17, 15) is 5.26 Å². The standard InChI is InChI=1S/C14H20ClN3S/c1-2-3-12(10-16)18-8-6-17(7-9-18)11-13-4-5-14(15)19-13/h4-5,12H,2-3,6-9,11H2,1H3.